The van der Waals surface area contributed by atoms with Crippen LogP contribution < -0.4 is 4.72 Å². The smallest absolute Gasteiger partial charge is 0.267 e. The topological polar surface area (TPSA) is 78.8 Å². The van der Waals surface area contributed by atoms with Crippen LogP contribution in [0.25, 0.3) is 0 Å². The predicted molar refractivity (Wildman–Crippen MR) is 118 cm³/mol. The molecule has 2 aliphatic heterocycles. The fraction of sp³-hybridized carbons (Fsp3) is 0.167. The van der Waals surface area contributed by atoms with E-state index >= 15 is 0 Å². The largest absolute Gasteiger partial charge is 0.276 e. The highest BCUT2D eigenvalue weighted by atomic mass is 32.2. The van der Waals surface area contributed by atoms with E-state index < -0.39 is 15.7 Å². The fourth-order valence-corrected chi connectivity index (χ4v) is 6.14. The molecular formula is C24H21N3O3S. The number of nitrogens with zero attached hydrogens (tertiary/aromatic N) is 2. The summed E-state index contributed by atoms with van der Waals surface area (Å²) < 4.78 is 28.9. The van der Waals surface area contributed by atoms with Crippen molar-refractivity contribution >= 4 is 21.6 Å². The highest BCUT2D eigenvalue weighted by molar-refractivity contribution is 7.89. The highest BCUT2D eigenvalue weighted by Gasteiger charge is 2.57. The third kappa shape index (κ3) is 3.00. The van der Waals surface area contributed by atoms with Crippen LogP contribution in [0.4, 0.5) is 0 Å². The average molecular weight is 432 g/mol. The van der Waals surface area contributed by atoms with Gasteiger partial charge in [-0.3, -0.25) is 4.79 Å². The number of nitrogens with one attached hydrogen (secondary N) is 1. The molecule has 6 nitrogen and oxygen atoms in total. The monoisotopic (exact) mass is 431 g/mol. The van der Waals surface area contributed by atoms with Crippen LogP contribution in [0.2, 0.25) is 0 Å². The molecule has 1 spiro atoms. The predicted octanol–water partition coefficient (Wildman–Crippen LogP) is 3.72. The van der Waals surface area contributed by atoms with Crippen molar-refractivity contribution in [2.24, 2.45) is 11.0 Å². The zero-order chi connectivity index (χ0) is 21.6. The second kappa shape index (κ2) is 7.14. The number of hydrogen-bond donors (Lipinski definition) is 1. The van der Waals surface area contributed by atoms with Crippen LogP contribution in [0, 0.1) is 5.92 Å². The zero-order valence-electron chi connectivity index (χ0n) is 16.9. The lowest BCUT2D eigenvalue weighted by molar-refractivity contribution is 0.0168. The van der Waals surface area contributed by atoms with Crippen molar-refractivity contribution in [2.45, 2.75) is 23.9 Å². The van der Waals surface area contributed by atoms with Crippen LogP contribution in [0.1, 0.15) is 34.8 Å². The molecular weight excluding hydrogens is 410 g/mol. The van der Waals surface area contributed by atoms with E-state index in [4.69, 9.17) is 5.10 Å². The summed E-state index contributed by atoms with van der Waals surface area (Å²) in [7, 11) is -3.79. The Morgan fingerprint density at radius 2 is 1.58 bits per heavy atom. The van der Waals surface area contributed by atoms with E-state index in [1.54, 1.807) is 48.5 Å². The fourth-order valence-electron chi connectivity index (χ4n) is 4.46. The van der Waals surface area contributed by atoms with Crippen molar-refractivity contribution in [2.75, 3.05) is 0 Å². The zero-order valence-corrected chi connectivity index (χ0v) is 17.7. The van der Waals surface area contributed by atoms with Gasteiger partial charge in [-0.15, -0.1) is 0 Å². The maximum absolute atomic E-state index is 13.7. The van der Waals surface area contributed by atoms with E-state index in [0.717, 1.165) is 11.3 Å². The normalized spacial score (nSPS) is 24.0. The first-order chi connectivity index (χ1) is 14.9. The molecule has 0 unspecified atom stereocenters. The number of benzene rings is 3. The van der Waals surface area contributed by atoms with Gasteiger partial charge in [0, 0.05) is 17.0 Å². The molecule has 0 aliphatic carbocycles. The van der Waals surface area contributed by atoms with Gasteiger partial charge in [-0.25, -0.2) is 13.4 Å². The Kier molecular flexibility index (Phi) is 4.53. The van der Waals surface area contributed by atoms with Gasteiger partial charge >= 0.3 is 0 Å². The van der Waals surface area contributed by atoms with E-state index in [0.29, 0.717) is 17.5 Å². The first kappa shape index (κ1) is 19.7. The first-order valence-corrected chi connectivity index (χ1v) is 11.6. The van der Waals surface area contributed by atoms with Crippen molar-refractivity contribution in [3.63, 3.8) is 0 Å². The van der Waals surface area contributed by atoms with Gasteiger partial charge in [0.15, 0.2) is 5.66 Å². The molecule has 0 saturated carbocycles. The lowest BCUT2D eigenvalue weighted by atomic mass is 9.81. The van der Waals surface area contributed by atoms with Crippen molar-refractivity contribution in [3.05, 3.63) is 102 Å². The van der Waals surface area contributed by atoms with Crippen molar-refractivity contribution in [1.29, 1.82) is 0 Å². The quantitative estimate of drug-likeness (QED) is 0.672. The Bertz CT molecular complexity index is 1290. The minimum atomic E-state index is -3.79. The van der Waals surface area contributed by atoms with E-state index in [9.17, 15) is 13.2 Å². The summed E-state index contributed by atoms with van der Waals surface area (Å²) in [6, 6.07) is 25.3. The summed E-state index contributed by atoms with van der Waals surface area (Å²) in [5.74, 6) is -0.619. The van der Waals surface area contributed by atoms with Crippen LogP contribution in [0.3, 0.4) is 0 Å². The Balaban J connectivity index is 1.75. The van der Waals surface area contributed by atoms with Gasteiger partial charge in [-0.05, 0) is 30.2 Å². The van der Waals surface area contributed by atoms with E-state index in [1.165, 1.54) is 5.01 Å². The molecule has 2 heterocycles. The SMILES string of the molecule is C[C@H]1CC(c2ccccc2)=NN(C(=O)c2ccccc2)[C@@]12NS(=O)(=O)c1ccccc12. The second-order valence-corrected chi connectivity index (χ2v) is 9.52. The minimum absolute atomic E-state index is 0.186. The van der Waals surface area contributed by atoms with Gasteiger partial charge in [0.05, 0.1) is 10.6 Å². The Morgan fingerprint density at radius 3 is 2.29 bits per heavy atom. The van der Waals surface area contributed by atoms with E-state index in [-0.39, 0.29) is 16.7 Å². The summed E-state index contributed by atoms with van der Waals surface area (Å²) >= 11 is 0. The average Bonchev–Trinajstić information content (AvgIpc) is 3.04. The number of sulfonamides is 1. The lowest BCUT2D eigenvalue weighted by Gasteiger charge is -2.45. The minimum Gasteiger partial charge on any atom is -0.267 e. The Morgan fingerprint density at radius 1 is 0.968 bits per heavy atom. The summed E-state index contributed by atoms with van der Waals surface area (Å²) in [4.78, 5) is 13.9. The molecule has 156 valence electrons. The summed E-state index contributed by atoms with van der Waals surface area (Å²) in [5, 5.41) is 6.09. The molecule has 0 bridgehead atoms. The molecule has 1 N–H and O–H groups in total. The number of hydrazone groups is 1. The molecule has 1 amide bonds. The second-order valence-electron chi connectivity index (χ2n) is 7.87. The molecule has 0 fully saturated rings. The van der Waals surface area contributed by atoms with Crippen LogP contribution in [-0.2, 0) is 15.7 Å². The van der Waals surface area contributed by atoms with Crippen molar-refractivity contribution in [1.82, 2.24) is 9.73 Å². The number of fused-ring (bicyclic) bond motifs is 2. The Labute approximate surface area is 181 Å². The molecule has 5 rings (SSSR count). The molecule has 0 radical (unpaired) electrons. The van der Waals surface area contributed by atoms with Crippen LogP contribution >= 0.6 is 0 Å². The standard InChI is InChI=1S/C24H21N3O3S/c1-17-16-21(18-10-4-2-5-11-18)25-27(23(28)19-12-6-3-7-13-19)24(17)20-14-8-9-15-22(20)31(29,30)26-24/h2-15,17,26H,16H2,1H3/t17-,24-/m0/s1. The highest BCUT2D eigenvalue weighted by Crippen LogP contribution is 2.47. The molecule has 2 aliphatic rings. The molecule has 3 aromatic rings. The first-order valence-electron chi connectivity index (χ1n) is 10.1. The molecule has 7 heteroatoms. The maximum Gasteiger partial charge on any atom is 0.276 e. The number of hydrogen-bond acceptors (Lipinski definition) is 4. The van der Waals surface area contributed by atoms with E-state index in [1.807, 2.05) is 43.3 Å². The van der Waals surface area contributed by atoms with Crippen LogP contribution in [0.5, 0.6) is 0 Å². The molecule has 3 aromatic carbocycles. The van der Waals surface area contributed by atoms with E-state index in [2.05, 4.69) is 4.72 Å². The van der Waals surface area contributed by atoms with Gasteiger partial charge in [-0.1, -0.05) is 73.7 Å². The van der Waals surface area contributed by atoms with Gasteiger partial charge in [0.1, 0.15) is 0 Å². The summed E-state index contributed by atoms with van der Waals surface area (Å²) in [6.45, 7) is 1.95. The number of carbonyl (C=O) groups excluding carboxylic acids is 1. The third-order valence-electron chi connectivity index (χ3n) is 5.96. The van der Waals surface area contributed by atoms with Gasteiger partial charge in [0.2, 0.25) is 10.0 Å². The molecule has 31 heavy (non-hydrogen) atoms. The van der Waals surface area contributed by atoms with Gasteiger partial charge in [0.25, 0.3) is 5.91 Å². The molecule has 2 atom stereocenters. The number of carbonyl (C=O) groups is 1. The molecule has 0 aromatic heterocycles. The lowest BCUT2D eigenvalue weighted by Crippen LogP contribution is -2.60. The van der Waals surface area contributed by atoms with Gasteiger partial charge < -0.3 is 0 Å². The van der Waals surface area contributed by atoms with Crippen molar-refractivity contribution in [3.8, 4) is 0 Å². The maximum atomic E-state index is 13.7. The van der Waals surface area contributed by atoms with Crippen molar-refractivity contribution < 1.29 is 13.2 Å². The number of amides is 1. The summed E-state index contributed by atoms with van der Waals surface area (Å²) in [5.41, 5.74) is 1.34. The summed E-state index contributed by atoms with van der Waals surface area (Å²) in [6.07, 6.45) is 0.513. The Hall–Kier alpha value is -3.29. The van der Waals surface area contributed by atoms with Crippen LogP contribution in [-0.4, -0.2) is 25.0 Å². The van der Waals surface area contributed by atoms with Gasteiger partial charge in [-0.2, -0.15) is 9.82 Å². The third-order valence-corrected chi connectivity index (χ3v) is 7.48. The molecule has 0 saturated heterocycles. The van der Waals surface area contributed by atoms with Crippen LogP contribution in [0.15, 0.2) is 94.9 Å². The number of rotatable bonds is 2.